The van der Waals surface area contributed by atoms with Crippen LogP contribution >= 0.6 is 0 Å². The summed E-state index contributed by atoms with van der Waals surface area (Å²) in [5.41, 5.74) is 8.22. The molecule has 0 saturated carbocycles. The van der Waals surface area contributed by atoms with E-state index in [1.165, 1.54) is 41.3 Å². The minimum Gasteiger partial charge on any atom is -0.326 e. The Morgan fingerprint density at radius 1 is 0.842 bits per heavy atom. The Morgan fingerprint density at radius 2 is 1.55 bits per heavy atom. The van der Waals surface area contributed by atoms with Gasteiger partial charge in [0, 0.05) is 51.2 Å². The van der Waals surface area contributed by atoms with Crippen molar-refractivity contribution < 1.29 is 4.79 Å². The van der Waals surface area contributed by atoms with Gasteiger partial charge in [-0.15, -0.1) is 0 Å². The highest BCUT2D eigenvalue weighted by Gasteiger charge is 2.27. The van der Waals surface area contributed by atoms with Gasteiger partial charge in [0.1, 0.15) is 0 Å². The van der Waals surface area contributed by atoms with Crippen LogP contribution in [0.2, 0.25) is 0 Å². The summed E-state index contributed by atoms with van der Waals surface area (Å²) in [6.45, 7) is 4.75. The van der Waals surface area contributed by atoms with Gasteiger partial charge in [0.2, 0.25) is 5.91 Å². The van der Waals surface area contributed by atoms with E-state index in [4.69, 9.17) is 4.98 Å². The molecule has 1 aliphatic carbocycles. The largest absolute Gasteiger partial charge is 0.326 e. The standard InChI is InChI=1S/C32H35N5O/c1-24(38)36-29-16-14-27(15-17-29)23-37(31-9-4-6-28-7-5-19-35-32(28)31)22-26-12-10-25(11-13-26)20-33-21-30-8-2-3-18-34-30/h2-3,5,7-8,10-19,31,33H,4,6,9,20-23H2,1H3,(H,36,38). The Kier molecular flexibility index (Phi) is 8.53. The van der Waals surface area contributed by atoms with Gasteiger partial charge in [0.25, 0.3) is 0 Å². The van der Waals surface area contributed by atoms with Crippen molar-refractivity contribution in [3.8, 4) is 0 Å². The molecule has 2 N–H and O–H groups in total. The van der Waals surface area contributed by atoms with E-state index < -0.39 is 0 Å². The number of aryl methyl sites for hydroxylation is 1. The van der Waals surface area contributed by atoms with E-state index in [1.807, 2.05) is 48.8 Å². The maximum absolute atomic E-state index is 11.4. The van der Waals surface area contributed by atoms with Crippen molar-refractivity contribution in [1.29, 1.82) is 0 Å². The second kappa shape index (κ2) is 12.6. The molecule has 1 aliphatic rings. The van der Waals surface area contributed by atoms with Gasteiger partial charge < -0.3 is 10.6 Å². The molecular weight excluding hydrogens is 470 g/mol. The van der Waals surface area contributed by atoms with Crippen molar-refractivity contribution >= 4 is 11.6 Å². The maximum atomic E-state index is 11.4. The fourth-order valence-electron chi connectivity index (χ4n) is 5.18. The molecule has 0 bridgehead atoms. The SMILES string of the molecule is CC(=O)Nc1ccc(CN(Cc2ccc(CNCc3ccccn3)cc2)C2CCCc3cccnc32)cc1. The summed E-state index contributed by atoms with van der Waals surface area (Å²) in [4.78, 5) is 23.2. The lowest BCUT2D eigenvalue weighted by Crippen LogP contribution is -2.31. The summed E-state index contributed by atoms with van der Waals surface area (Å²) in [6, 6.07) is 27.6. The molecule has 5 rings (SSSR count). The molecule has 2 aromatic carbocycles. The van der Waals surface area contributed by atoms with Gasteiger partial charge in [0.15, 0.2) is 0 Å². The third-order valence-electron chi connectivity index (χ3n) is 7.04. The molecular formula is C32H35N5O. The van der Waals surface area contributed by atoms with Crippen LogP contribution in [0.4, 0.5) is 5.69 Å². The Balaban J connectivity index is 1.29. The zero-order valence-electron chi connectivity index (χ0n) is 21.9. The van der Waals surface area contributed by atoms with Crippen LogP contribution < -0.4 is 10.6 Å². The number of benzene rings is 2. The number of rotatable bonds is 10. The number of anilines is 1. The van der Waals surface area contributed by atoms with E-state index in [1.54, 1.807) is 0 Å². The number of carbonyl (C=O) groups excluding carboxylic acids is 1. The van der Waals surface area contributed by atoms with Gasteiger partial charge in [-0.1, -0.05) is 48.5 Å². The molecule has 2 aromatic heterocycles. The summed E-state index contributed by atoms with van der Waals surface area (Å²) >= 11 is 0. The average Bonchev–Trinajstić information content (AvgIpc) is 2.95. The number of carbonyl (C=O) groups is 1. The Morgan fingerprint density at radius 3 is 2.26 bits per heavy atom. The molecule has 0 spiro atoms. The molecule has 194 valence electrons. The van der Waals surface area contributed by atoms with Crippen molar-refractivity contribution in [2.75, 3.05) is 5.32 Å². The van der Waals surface area contributed by atoms with Crippen LogP contribution in [0.5, 0.6) is 0 Å². The van der Waals surface area contributed by atoms with E-state index >= 15 is 0 Å². The molecule has 0 fully saturated rings. The fourth-order valence-corrected chi connectivity index (χ4v) is 5.18. The van der Waals surface area contributed by atoms with Crippen molar-refractivity contribution in [1.82, 2.24) is 20.2 Å². The average molecular weight is 506 g/mol. The zero-order valence-corrected chi connectivity index (χ0v) is 21.9. The number of hydrogen-bond donors (Lipinski definition) is 2. The molecule has 0 radical (unpaired) electrons. The molecule has 6 heteroatoms. The monoisotopic (exact) mass is 505 g/mol. The van der Waals surface area contributed by atoms with Crippen molar-refractivity contribution in [3.05, 3.63) is 125 Å². The zero-order chi connectivity index (χ0) is 26.2. The van der Waals surface area contributed by atoms with Crippen LogP contribution in [-0.4, -0.2) is 20.8 Å². The number of fused-ring (bicyclic) bond motifs is 1. The summed E-state index contributed by atoms with van der Waals surface area (Å²) in [6.07, 6.45) is 7.12. The van der Waals surface area contributed by atoms with Crippen LogP contribution in [0.1, 0.15) is 59.4 Å². The molecule has 1 amide bonds. The summed E-state index contributed by atoms with van der Waals surface area (Å²) in [7, 11) is 0. The first-order valence-electron chi connectivity index (χ1n) is 13.4. The van der Waals surface area contributed by atoms with Gasteiger partial charge in [-0.25, -0.2) is 0 Å². The van der Waals surface area contributed by atoms with Crippen LogP contribution in [0.25, 0.3) is 0 Å². The van der Waals surface area contributed by atoms with Gasteiger partial charge in [-0.3, -0.25) is 19.7 Å². The second-order valence-electron chi connectivity index (χ2n) is 9.98. The first kappa shape index (κ1) is 25.8. The minimum absolute atomic E-state index is 0.0559. The first-order valence-corrected chi connectivity index (χ1v) is 13.4. The topological polar surface area (TPSA) is 70.2 Å². The van der Waals surface area contributed by atoms with Crippen LogP contribution in [0.15, 0.2) is 91.3 Å². The van der Waals surface area contributed by atoms with Gasteiger partial charge in [-0.2, -0.15) is 0 Å². The minimum atomic E-state index is -0.0559. The summed E-state index contributed by atoms with van der Waals surface area (Å²) in [5, 5.41) is 6.34. The highest BCUT2D eigenvalue weighted by molar-refractivity contribution is 5.88. The molecule has 0 aliphatic heterocycles. The molecule has 0 saturated heterocycles. The molecule has 4 aromatic rings. The number of nitrogens with one attached hydrogen (secondary N) is 2. The van der Waals surface area contributed by atoms with Crippen molar-refractivity contribution in [2.45, 2.75) is 58.4 Å². The Labute approximate surface area is 225 Å². The third-order valence-corrected chi connectivity index (χ3v) is 7.04. The van der Waals surface area contributed by atoms with E-state index in [0.717, 1.165) is 50.4 Å². The lowest BCUT2D eigenvalue weighted by atomic mass is 9.90. The van der Waals surface area contributed by atoms with E-state index in [0.29, 0.717) is 0 Å². The normalized spacial score (nSPS) is 14.7. The highest BCUT2D eigenvalue weighted by Crippen LogP contribution is 2.35. The highest BCUT2D eigenvalue weighted by atomic mass is 16.1. The van der Waals surface area contributed by atoms with Crippen molar-refractivity contribution in [3.63, 3.8) is 0 Å². The van der Waals surface area contributed by atoms with Crippen molar-refractivity contribution in [2.24, 2.45) is 0 Å². The molecule has 2 heterocycles. The van der Waals surface area contributed by atoms with Crippen LogP contribution in [0, 0.1) is 0 Å². The van der Waals surface area contributed by atoms with E-state index in [2.05, 4.69) is 63.0 Å². The number of aromatic nitrogens is 2. The molecule has 6 nitrogen and oxygen atoms in total. The fraction of sp³-hybridized carbons (Fsp3) is 0.281. The third kappa shape index (κ3) is 6.91. The smallest absolute Gasteiger partial charge is 0.221 e. The summed E-state index contributed by atoms with van der Waals surface area (Å²) < 4.78 is 0. The Hall–Kier alpha value is -3.87. The van der Waals surface area contributed by atoms with Gasteiger partial charge in [0.05, 0.1) is 17.4 Å². The van der Waals surface area contributed by atoms with Gasteiger partial charge in [-0.05, 0) is 71.8 Å². The number of hydrogen-bond acceptors (Lipinski definition) is 5. The number of nitrogens with zero attached hydrogens (tertiary/aromatic N) is 3. The number of pyridine rings is 2. The maximum Gasteiger partial charge on any atom is 0.221 e. The van der Waals surface area contributed by atoms with E-state index in [-0.39, 0.29) is 11.9 Å². The van der Waals surface area contributed by atoms with Gasteiger partial charge >= 0.3 is 0 Å². The lowest BCUT2D eigenvalue weighted by molar-refractivity contribution is -0.114. The quantitative estimate of drug-likeness (QED) is 0.285. The molecule has 38 heavy (non-hydrogen) atoms. The summed E-state index contributed by atoms with van der Waals surface area (Å²) in [5.74, 6) is -0.0559. The molecule has 1 atom stereocenters. The van der Waals surface area contributed by atoms with E-state index in [9.17, 15) is 4.79 Å². The number of amides is 1. The van der Waals surface area contributed by atoms with Crippen LogP contribution in [0.3, 0.4) is 0 Å². The molecule has 1 unspecified atom stereocenters. The first-order chi connectivity index (χ1) is 18.6. The second-order valence-corrected chi connectivity index (χ2v) is 9.98. The predicted molar refractivity (Wildman–Crippen MR) is 151 cm³/mol. The predicted octanol–water partition coefficient (Wildman–Crippen LogP) is 5.80. The lowest BCUT2D eigenvalue weighted by Gasteiger charge is -2.35. The van der Waals surface area contributed by atoms with Crippen LogP contribution in [-0.2, 0) is 37.4 Å². The Bertz CT molecular complexity index is 1320.